The number of hydrogen-bond acceptors (Lipinski definition) is 4. The summed E-state index contributed by atoms with van der Waals surface area (Å²) in [6.45, 7) is 9.09. The smallest absolute Gasteiger partial charge is 0.306 e. The summed E-state index contributed by atoms with van der Waals surface area (Å²) in [5, 5.41) is 0. The summed E-state index contributed by atoms with van der Waals surface area (Å²) >= 11 is 0. The summed E-state index contributed by atoms with van der Waals surface area (Å²) in [5.41, 5.74) is 0. The van der Waals surface area contributed by atoms with Crippen molar-refractivity contribution in [2.24, 2.45) is 5.92 Å². The topological polar surface area (TPSA) is 52.6 Å². The van der Waals surface area contributed by atoms with Crippen molar-refractivity contribution in [1.82, 2.24) is 0 Å². The first-order chi connectivity index (χ1) is 13.0. The Labute approximate surface area is 167 Å². The van der Waals surface area contributed by atoms with Gasteiger partial charge in [-0.2, -0.15) is 0 Å². The maximum Gasteiger partial charge on any atom is 0.306 e. The van der Waals surface area contributed by atoms with E-state index in [2.05, 4.69) is 20.8 Å². The second kappa shape index (κ2) is 18.3. The standard InChI is InChI=1S/C23H44O4/c1-5-6-11-16-21(4)27-23(25)18-13-10-8-7-9-12-17-22(24)26-19-14-15-20(2)3/h20-21H,5-19H2,1-4H3. The fraction of sp³-hybridized carbons (Fsp3) is 0.913. The largest absolute Gasteiger partial charge is 0.466 e. The molecular weight excluding hydrogens is 340 g/mol. The van der Waals surface area contributed by atoms with E-state index in [0.29, 0.717) is 25.4 Å². The van der Waals surface area contributed by atoms with Crippen molar-refractivity contribution >= 4 is 11.9 Å². The van der Waals surface area contributed by atoms with E-state index in [9.17, 15) is 9.59 Å². The molecule has 4 heteroatoms. The van der Waals surface area contributed by atoms with Gasteiger partial charge >= 0.3 is 11.9 Å². The Morgan fingerprint density at radius 1 is 0.704 bits per heavy atom. The number of rotatable bonds is 18. The van der Waals surface area contributed by atoms with Crippen LogP contribution in [-0.4, -0.2) is 24.6 Å². The van der Waals surface area contributed by atoms with Gasteiger partial charge in [-0.15, -0.1) is 0 Å². The van der Waals surface area contributed by atoms with Gasteiger partial charge in [0.05, 0.1) is 12.7 Å². The van der Waals surface area contributed by atoms with Crippen LogP contribution >= 0.6 is 0 Å². The molecule has 0 aliphatic rings. The van der Waals surface area contributed by atoms with Gasteiger partial charge in [0.25, 0.3) is 0 Å². The molecule has 0 aliphatic heterocycles. The van der Waals surface area contributed by atoms with E-state index in [-0.39, 0.29) is 18.0 Å². The molecular formula is C23H44O4. The molecule has 0 radical (unpaired) electrons. The molecule has 0 rings (SSSR count). The maximum atomic E-state index is 11.8. The quantitative estimate of drug-likeness (QED) is 0.197. The van der Waals surface area contributed by atoms with E-state index in [1.807, 2.05) is 6.92 Å². The minimum Gasteiger partial charge on any atom is -0.466 e. The van der Waals surface area contributed by atoms with E-state index in [4.69, 9.17) is 9.47 Å². The Morgan fingerprint density at radius 3 is 1.89 bits per heavy atom. The molecule has 1 unspecified atom stereocenters. The van der Waals surface area contributed by atoms with Crippen molar-refractivity contribution in [3.63, 3.8) is 0 Å². The SMILES string of the molecule is CCCCCC(C)OC(=O)CCCCCCCCC(=O)OCCCC(C)C. The van der Waals surface area contributed by atoms with Crippen LogP contribution in [0.1, 0.15) is 118 Å². The summed E-state index contributed by atoms with van der Waals surface area (Å²) in [7, 11) is 0. The van der Waals surface area contributed by atoms with E-state index in [0.717, 1.165) is 64.2 Å². The fourth-order valence-electron chi connectivity index (χ4n) is 3.02. The first kappa shape index (κ1) is 25.9. The molecule has 0 fully saturated rings. The van der Waals surface area contributed by atoms with E-state index in [1.54, 1.807) is 0 Å². The zero-order chi connectivity index (χ0) is 20.3. The third kappa shape index (κ3) is 19.5. The summed E-state index contributed by atoms with van der Waals surface area (Å²) in [6, 6.07) is 0. The Morgan fingerprint density at radius 2 is 1.30 bits per heavy atom. The van der Waals surface area contributed by atoms with Gasteiger partial charge in [0.15, 0.2) is 0 Å². The van der Waals surface area contributed by atoms with Crippen LogP contribution in [0.4, 0.5) is 0 Å². The molecule has 0 bridgehead atoms. The van der Waals surface area contributed by atoms with Crippen molar-refractivity contribution in [2.75, 3.05) is 6.61 Å². The van der Waals surface area contributed by atoms with Crippen molar-refractivity contribution in [3.05, 3.63) is 0 Å². The first-order valence-corrected chi connectivity index (χ1v) is 11.3. The summed E-state index contributed by atoms with van der Waals surface area (Å²) in [6.07, 6.45) is 13.8. The molecule has 4 nitrogen and oxygen atoms in total. The average Bonchev–Trinajstić information content (AvgIpc) is 2.61. The summed E-state index contributed by atoms with van der Waals surface area (Å²) in [4.78, 5) is 23.4. The predicted octanol–water partition coefficient (Wildman–Crippen LogP) is 6.60. The number of carbonyl (C=O) groups is 2. The van der Waals surface area contributed by atoms with Crippen molar-refractivity contribution in [2.45, 2.75) is 124 Å². The maximum absolute atomic E-state index is 11.8. The number of carbonyl (C=O) groups excluding carboxylic acids is 2. The predicted molar refractivity (Wildman–Crippen MR) is 112 cm³/mol. The molecule has 0 heterocycles. The molecule has 0 spiro atoms. The lowest BCUT2D eigenvalue weighted by atomic mass is 10.1. The molecule has 0 N–H and O–H groups in total. The van der Waals surface area contributed by atoms with Crippen LogP contribution in [0.25, 0.3) is 0 Å². The lowest BCUT2D eigenvalue weighted by molar-refractivity contribution is -0.148. The van der Waals surface area contributed by atoms with E-state index in [1.165, 1.54) is 12.8 Å². The van der Waals surface area contributed by atoms with Gasteiger partial charge < -0.3 is 9.47 Å². The van der Waals surface area contributed by atoms with Crippen LogP contribution in [0.2, 0.25) is 0 Å². The lowest BCUT2D eigenvalue weighted by Gasteiger charge is -2.12. The minimum atomic E-state index is -0.0606. The number of unbranched alkanes of at least 4 members (excludes halogenated alkanes) is 7. The third-order valence-corrected chi connectivity index (χ3v) is 4.75. The fourth-order valence-corrected chi connectivity index (χ4v) is 3.02. The molecule has 0 aliphatic carbocycles. The molecule has 0 saturated heterocycles. The second-order valence-electron chi connectivity index (χ2n) is 8.17. The van der Waals surface area contributed by atoms with Crippen LogP contribution in [-0.2, 0) is 19.1 Å². The van der Waals surface area contributed by atoms with Crippen LogP contribution in [0.3, 0.4) is 0 Å². The molecule has 160 valence electrons. The molecule has 1 atom stereocenters. The Balaban J connectivity index is 3.39. The van der Waals surface area contributed by atoms with Crippen LogP contribution in [0, 0.1) is 5.92 Å². The van der Waals surface area contributed by atoms with Crippen molar-refractivity contribution in [3.8, 4) is 0 Å². The molecule has 0 amide bonds. The highest BCUT2D eigenvalue weighted by atomic mass is 16.5. The Kier molecular flexibility index (Phi) is 17.6. The highest BCUT2D eigenvalue weighted by molar-refractivity contribution is 5.69. The Bertz CT molecular complexity index is 365. The molecule has 0 aromatic carbocycles. The number of hydrogen-bond donors (Lipinski definition) is 0. The van der Waals surface area contributed by atoms with Gasteiger partial charge in [-0.05, 0) is 51.4 Å². The van der Waals surface area contributed by atoms with Crippen LogP contribution in [0.5, 0.6) is 0 Å². The summed E-state index contributed by atoms with van der Waals surface area (Å²) < 4.78 is 10.7. The highest BCUT2D eigenvalue weighted by Gasteiger charge is 2.09. The van der Waals surface area contributed by atoms with Crippen LogP contribution in [0.15, 0.2) is 0 Å². The first-order valence-electron chi connectivity index (χ1n) is 11.3. The Hall–Kier alpha value is -1.06. The second-order valence-corrected chi connectivity index (χ2v) is 8.17. The van der Waals surface area contributed by atoms with E-state index < -0.39 is 0 Å². The third-order valence-electron chi connectivity index (χ3n) is 4.75. The normalized spacial score (nSPS) is 12.2. The zero-order valence-corrected chi connectivity index (χ0v) is 18.4. The highest BCUT2D eigenvalue weighted by Crippen LogP contribution is 2.12. The zero-order valence-electron chi connectivity index (χ0n) is 18.4. The summed E-state index contributed by atoms with van der Waals surface area (Å²) in [5.74, 6) is 0.550. The molecule has 0 aromatic rings. The van der Waals surface area contributed by atoms with Gasteiger partial charge in [0, 0.05) is 12.8 Å². The number of esters is 2. The van der Waals surface area contributed by atoms with Crippen molar-refractivity contribution in [1.29, 1.82) is 0 Å². The van der Waals surface area contributed by atoms with Gasteiger partial charge in [-0.3, -0.25) is 9.59 Å². The minimum absolute atomic E-state index is 0.0502. The van der Waals surface area contributed by atoms with Crippen LogP contribution < -0.4 is 0 Å². The van der Waals surface area contributed by atoms with Gasteiger partial charge in [0.2, 0.25) is 0 Å². The lowest BCUT2D eigenvalue weighted by Crippen LogP contribution is -2.14. The van der Waals surface area contributed by atoms with E-state index >= 15 is 0 Å². The average molecular weight is 385 g/mol. The molecule has 0 saturated carbocycles. The molecule has 0 aromatic heterocycles. The molecule has 27 heavy (non-hydrogen) atoms. The number of ether oxygens (including phenoxy) is 2. The monoisotopic (exact) mass is 384 g/mol. The van der Waals surface area contributed by atoms with Gasteiger partial charge in [0.1, 0.15) is 0 Å². The van der Waals surface area contributed by atoms with Gasteiger partial charge in [-0.25, -0.2) is 0 Å². The van der Waals surface area contributed by atoms with Gasteiger partial charge in [-0.1, -0.05) is 59.3 Å². The van der Waals surface area contributed by atoms with Crippen molar-refractivity contribution < 1.29 is 19.1 Å².